The topological polar surface area (TPSA) is 92.7 Å². The largest absolute Gasteiger partial charge is 0.481 e. The number of anilines is 1. The average Bonchev–Trinajstić information content (AvgIpc) is 3.09. The molecule has 2 aromatic rings. The van der Waals surface area contributed by atoms with E-state index >= 15 is 0 Å². The molecule has 1 aromatic heterocycles. The van der Waals surface area contributed by atoms with Gasteiger partial charge in [0.1, 0.15) is 10.6 Å². The van der Waals surface area contributed by atoms with Gasteiger partial charge in [-0.1, -0.05) is 50.3 Å². The van der Waals surface area contributed by atoms with Crippen molar-refractivity contribution in [3.8, 4) is 11.1 Å². The van der Waals surface area contributed by atoms with Crippen LogP contribution in [0.5, 0.6) is 0 Å². The molecule has 7 heteroatoms. The molecule has 1 aliphatic rings. The number of benzene rings is 1. The van der Waals surface area contributed by atoms with Gasteiger partial charge in [-0.05, 0) is 50.2 Å². The maximum absolute atomic E-state index is 13.1. The summed E-state index contributed by atoms with van der Waals surface area (Å²) in [6, 6.07) is 8.11. The lowest BCUT2D eigenvalue weighted by molar-refractivity contribution is -0.146. The van der Waals surface area contributed by atoms with Gasteiger partial charge in [0.05, 0.1) is 18.4 Å². The molecule has 0 saturated carbocycles. The maximum atomic E-state index is 13.1. The van der Waals surface area contributed by atoms with E-state index in [9.17, 15) is 19.5 Å². The van der Waals surface area contributed by atoms with Crippen LogP contribution in [0.4, 0.5) is 5.00 Å². The highest BCUT2D eigenvalue weighted by molar-refractivity contribution is 7.17. The standard InChI is InChI=1S/C26H31NO5S/c1-5-32-26(31)22-21(18-12-10-17(11-13-18)14-15(2)3)16(4)33-24(22)27-23(28)19-8-6-7-9-20(19)25(29)30/h6-7,10-13,15,19-20H,5,8-9,14H2,1-4H3,(H,27,28)(H,29,30)/t19-,20-/m1/s1. The third kappa shape index (κ3) is 5.71. The van der Waals surface area contributed by atoms with Crippen molar-refractivity contribution in [2.45, 2.75) is 47.0 Å². The summed E-state index contributed by atoms with van der Waals surface area (Å²) in [5.41, 5.74) is 3.16. The van der Waals surface area contributed by atoms with Gasteiger partial charge in [-0.15, -0.1) is 11.3 Å². The van der Waals surface area contributed by atoms with Crippen LogP contribution in [0.2, 0.25) is 0 Å². The van der Waals surface area contributed by atoms with Crippen LogP contribution in [-0.4, -0.2) is 29.6 Å². The van der Waals surface area contributed by atoms with Gasteiger partial charge in [-0.3, -0.25) is 9.59 Å². The van der Waals surface area contributed by atoms with E-state index in [1.807, 2.05) is 25.1 Å². The number of carboxylic acids is 1. The molecule has 2 atom stereocenters. The van der Waals surface area contributed by atoms with E-state index in [4.69, 9.17) is 4.74 Å². The van der Waals surface area contributed by atoms with Crippen LogP contribution >= 0.6 is 11.3 Å². The fourth-order valence-corrected chi connectivity index (χ4v) is 5.31. The Bertz CT molecular complexity index is 1050. The number of ether oxygens (including phenoxy) is 1. The normalized spacial score (nSPS) is 17.7. The van der Waals surface area contributed by atoms with Crippen molar-refractivity contribution in [2.24, 2.45) is 17.8 Å². The van der Waals surface area contributed by atoms with Crippen LogP contribution in [0.15, 0.2) is 36.4 Å². The van der Waals surface area contributed by atoms with Crippen molar-refractivity contribution in [1.29, 1.82) is 0 Å². The van der Waals surface area contributed by atoms with Crippen LogP contribution < -0.4 is 5.32 Å². The predicted molar refractivity (Wildman–Crippen MR) is 131 cm³/mol. The zero-order valence-corrected chi connectivity index (χ0v) is 20.3. The number of carboxylic acid groups (broad SMARTS) is 1. The van der Waals surface area contributed by atoms with E-state index in [1.165, 1.54) is 16.9 Å². The highest BCUT2D eigenvalue weighted by atomic mass is 32.1. The van der Waals surface area contributed by atoms with E-state index < -0.39 is 29.7 Å². The average molecular weight is 470 g/mol. The number of aryl methyl sites for hydroxylation is 1. The first-order chi connectivity index (χ1) is 15.7. The number of nitrogens with one attached hydrogen (secondary N) is 1. The number of carbonyl (C=O) groups excluding carboxylic acids is 2. The van der Waals surface area contributed by atoms with Crippen molar-refractivity contribution in [2.75, 3.05) is 11.9 Å². The van der Waals surface area contributed by atoms with Crippen LogP contribution in [0.1, 0.15) is 54.4 Å². The molecule has 0 unspecified atom stereocenters. The number of allylic oxidation sites excluding steroid dienone is 2. The van der Waals surface area contributed by atoms with Gasteiger partial charge in [0.2, 0.25) is 5.91 Å². The number of thiophene rings is 1. The number of rotatable bonds is 8. The zero-order valence-electron chi connectivity index (χ0n) is 19.5. The monoisotopic (exact) mass is 469 g/mol. The quantitative estimate of drug-likeness (QED) is 0.382. The second-order valence-corrected chi connectivity index (χ2v) is 9.96. The van der Waals surface area contributed by atoms with Gasteiger partial charge in [-0.2, -0.15) is 0 Å². The van der Waals surface area contributed by atoms with Crippen LogP contribution in [-0.2, 0) is 20.7 Å². The summed E-state index contributed by atoms with van der Waals surface area (Å²) in [6.45, 7) is 8.19. The molecule has 0 saturated heterocycles. The van der Waals surface area contributed by atoms with Gasteiger partial charge in [0.25, 0.3) is 0 Å². The number of hydrogen-bond acceptors (Lipinski definition) is 5. The fraction of sp³-hybridized carbons (Fsp3) is 0.423. The van der Waals surface area contributed by atoms with Crippen molar-refractivity contribution in [1.82, 2.24) is 0 Å². The highest BCUT2D eigenvalue weighted by Gasteiger charge is 2.35. The highest BCUT2D eigenvalue weighted by Crippen LogP contribution is 2.41. The molecule has 6 nitrogen and oxygen atoms in total. The molecule has 176 valence electrons. The molecule has 0 radical (unpaired) electrons. The summed E-state index contributed by atoms with van der Waals surface area (Å²) < 4.78 is 5.32. The van der Waals surface area contributed by atoms with Crippen LogP contribution in [0.3, 0.4) is 0 Å². The minimum atomic E-state index is -0.991. The van der Waals surface area contributed by atoms with Crippen LogP contribution in [0, 0.1) is 24.7 Å². The first-order valence-corrected chi connectivity index (χ1v) is 12.1. The third-order valence-corrected chi connectivity index (χ3v) is 6.79. The number of hydrogen-bond donors (Lipinski definition) is 2. The number of amides is 1. The lowest BCUT2D eigenvalue weighted by atomic mass is 9.82. The van der Waals surface area contributed by atoms with E-state index in [0.29, 0.717) is 29.3 Å². The van der Waals surface area contributed by atoms with Crippen molar-refractivity contribution >= 4 is 34.2 Å². The van der Waals surface area contributed by atoms with Gasteiger partial charge in [-0.25, -0.2) is 4.79 Å². The first kappa shape index (κ1) is 24.7. The van der Waals surface area contributed by atoms with Crippen molar-refractivity contribution in [3.05, 3.63) is 52.4 Å². The van der Waals surface area contributed by atoms with E-state index in [2.05, 4.69) is 31.3 Å². The zero-order chi connectivity index (χ0) is 24.1. The van der Waals surface area contributed by atoms with E-state index in [1.54, 1.807) is 13.0 Å². The summed E-state index contributed by atoms with van der Waals surface area (Å²) in [4.78, 5) is 38.5. The minimum absolute atomic E-state index is 0.211. The Morgan fingerprint density at radius 2 is 1.76 bits per heavy atom. The number of aliphatic carboxylic acids is 1. The summed E-state index contributed by atoms with van der Waals surface area (Å²) in [5, 5.41) is 12.8. The Kier molecular flexibility index (Phi) is 8.08. The Labute approximate surface area is 198 Å². The smallest absolute Gasteiger partial charge is 0.341 e. The Balaban J connectivity index is 1.97. The molecule has 3 rings (SSSR count). The van der Waals surface area contributed by atoms with E-state index in [-0.39, 0.29) is 6.61 Å². The molecular weight excluding hydrogens is 438 g/mol. The summed E-state index contributed by atoms with van der Waals surface area (Å²) >= 11 is 1.31. The lowest BCUT2D eigenvalue weighted by Gasteiger charge is -2.24. The van der Waals surface area contributed by atoms with Gasteiger partial charge >= 0.3 is 11.9 Å². The van der Waals surface area contributed by atoms with E-state index in [0.717, 1.165) is 22.4 Å². The molecule has 1 aromatic carbocycles. The summed E-state index contributed by atoms with van der Waals surface area (Å²) in [7, 11) is 0. The molecule has 2 N–H and O–H groups in total. The molecule has 0 spiro atoms. The SMILES string of the molecule is CCOC(=O)c1c(NC(=O)[C@@H]2CC=CC[C@H]2C(=O)O)sc(C)c1-c1ccc(CC(C)C)cc1. The van der Waals surface area contributed by atoms with Gasteiger partial charge in [0.15, 0.2) is 0 Å². The molecular formula is C26H31NO5S. The molecule has 33 heavy (non-hydrogen) atoms. The number of esters is 1. The van der Waals surface area contributed by atoms with Crippen LogP contribution in [0.25, 0.3) is 11.1 Å². The first-order valence-electron chi connectivity index (χ1n) is 11.3. The second kappa shape index (κ2) is 10.8. The summed E-state index contributed by atoms with van der Waals surface area (Å²) in [6.07, 6.45) is 5.26. The molecule has 1 heterocycles. The van der Waals surface area contributed by atoms with Crippen molar-refractivity contribution < 1.29 is 24.2 Å². The maximum Gasteiger partial charge on any atom is 0.341 e. The molecule has 1 aliphatic carbocycles. The minimum Gasteiger partial charge on any atom is -0.481 e. The molecule has 1 amide bonds. The Morgan fingerprint density at radius 1 is 1.12 bits per heavy atom. The van der Waals surface area contributed by atoms with Gasteiger partial charge < -0.3 is 15.2 Å². The fourth-order valence-electron chi connectivity index (χ4n) is 4.24. The molecule has 0 bridgehead atoms. The van der Waals surface area contributed by atoms with Gasteiger partial charge in [0, 0.05) is 10.4 Å². The second-order valence-electron chi connectivity index (χ2n) is 8.74. The lowest BCUT2D eigenvalue weighted by Crippen LogP contribution is -2.34. The Hall–Kier alpha value is -2.93. The summed E-state index contributed by atoms with van der Waals surface area (Å²) in [5.74, 6) is -2.82. The third-order valence-electron chi connectivity index (χ3n) is 5.77. The molecule has 0 aliphatic heterocycles. The Morgan fingerprint density at radius 3 is 2.33 bits per heavy atom. The predicted octanol–water partition coefficient (Wildman–Crippen LogP) is 5.70. The van der Waals surface area contributed by atoms with Crippen molar-refractivity contribution in [3.63, 3.8) is 0 Å². The number of carbonyl (C=O) groups is 3. The molecule has 0 fully saturated rings.